The average Bonchev–Trinajstić information content (AvgIpc) is 2.47. The molecule has 0 aliphatic heterocycles. The van der Waals surface area contributed by atoms with E-state index in [2.05, 4.69) is 36.5 Å². The Labute approximate surface area is 120 Å². The molecule has 0 heterocycles. The molecule has 0 aliphatic carbocycles. The third kappa shape index (κ3) is 4.34. The summed E-state index contributed by atoms with van der Waals surface area (Å²) in [5, 5.41) is 3.31. The Bertz CT molecular complexity index is 546. The normalized spacial score (nSPS) is 12.3. The molecule has 19 heavy (non-hydrogen) atoms. The fourth-order valence-electron chi connectivity index (χ4n) is 1.82. The summed E-state index contributed by atoms with van der Waals surface area (Å²) in [7, 11) is 0. The van der Waals surface area contributed by atoms with Gasteiger partial charge in [-0.05, 0) is 24.1 Å². The first-order chi connectivity index (χ1) is 9.25. The van der Waals surface area contributed by atoms with Gasteiger partial charge in [0.25, 0.3) is 0 Å². The van der Waals surface area contributed by atoms with Gasteiger partial charge in [0.2, 0.25) is 0 Å². The van der Waals surface area contributed by atoms with E-state index in [0.717, 1.165) is 10.6 Å². The highest BCUT2D eigenvalue weighted by atomic mass is 32.1. The molecule has 1 nitrogen and oxygen atoms in total. The van der Waals surface area contributed by atoms with E-state index in [1.54, 1.807) is 0 Å². The van der Waals surface area contributed by atoms with E-state index in [0.29, 0.717) is 0 Å². The molecule has 0 bridgehead atoms. The molecule has 2 aromatic carbocycles. The van der Waals surface area contributed by atoms with Crippen LogP contribution in [0.5, 0.6) is 0 Å². The van der Waals surface area contributed by atoms with Crippen molar-refractivity contribution in [1.82, 2.24) is 5.32 Å². The third-order valence-corrected chi connectivity index (χ3v) is 3.14. The molecule has 1 atom stereocenters. The van der Waals surface area contributed by atoms with Gasteiger partial charge in [0, 0.05) is 6.04 Å². The molecule has 0 fully saturated rings. The topological polar surface area (TPSA) is 12.0 Å². The number of benzene rings is 2. The summed E-state index contributed by atoms with van der Waals surface area (Å²) in [6, 6.07) is 20.7. The predicted octanol–water partition coefficient (Wildman–Crippen LogP) is 4.38. The molecule has 0 spiro atoms. The van der Waals surface area contributed by atoms with E-state index < -0.39 is 0 Å². The zero-order valence-corrected chi connectivity index (χ0v) is 11.7. The second-order valence-corrected chi connectivity index (χ2v) is 4.82. The van der Waals surface area contributed by atoms with Gasteiger partial charge in [0.05, 0.1) is 4.99 Å². The second-order valence-electron chi connectivity index (χ2n) is 4.38. The molecule has 0 saturated carbocycles. The zero-order chi connectivity index (χ0) is 13.5. The highest BCUT2D eigenvalue weighted by Gasteiger charge is 2.03. The number of rotatable bonds is 4. The van der Waals surface area contributed by atoms with E-state index in [9.17, 15) is 0 Å². The maximum atomic E-state index is 5.33. The average molecular weight is 267 g/mol. The van der Waals surface area contributed by atoms with Crippen LogP contribution in [-0.4, -0.2) is 4.99 Å². The largest absolute Gasteiger partial charge is 0.370 e. The lowest BCUT2D eigenvalue weighted by Crippen LogP contribution is -2.23. The summed E-state index contributed by atoms with van der Waals surface area (Å²) < 4.78 is 0. The van der Waals surface area contributed by atoms with Crippen LogP contribution in [0.4, 0.5) is 0 Å². The van der Waals surface area contributed by atoms with Gasteiger partial charge in [0.1, 0.15) is 0 Å². The van der Waals surface area contributed by atoms with Crippen molar-refractivity contribution in [2.75, 3.05) is 0 Å². The molecule has 0 saturated heterocycles. The fraction of sp³-hybridized carbons (Fsp3) is 0.118. The van der Waals surface area contributed by atoms with Crippen molar-refractivity contribution in [3.05, 3.63) is 77.9 Å². The second kappa shape index (κ2) is 6.86. The minimum absolute atomic E-state index is 0.217. The standard InChI is InChI=1S/C17H17NS/c1-14(16-10-6-3-7-11-16)18-17(19)13-12-15-8-4-2-5-9-15/h2-14H,1H3,(H,18,19)/b13-12-/t14-/m0/s1. The maximum Gasteiger partial charge on any atom is 0.0992 e. The van der Waals surface area contributed by atoms with Gasteiger partial charge in [-0.15, -0.1) is 0 Å². The summed E-state index contributed by atoms with van der Waals surface area (Å²) in [5.41, 5.74) is 2.39. The first-order valence-corrected chi connectivity index (χ1v) is 6.75. The number of thiocarbonyl (C=S) groups is 1. The Morgan fingerprint density at radius 1 is 1.00 bits per heavy atom. The Morgan fingerprint density at radius 3 is 2.21 bits per heavy atom. The first-order valence-electron chi connectivity index (χ1n) is 6.34. The molecule has 0 unspecified atom stereocenters. The molecule has 0 aromatic heterocycles. The molecule has 0 aliphatic rings. The summed E-state index contributed by atoms with van der Waals surface area (Å²) in [4.78, 5) is 0.750. The lowest BCUT2D eigenvalue weighted by atomic mass is 10.1. The highest BCUT2D eigenvalue weighted by Crippen LogP contribution is 2.11. The molecule has 2 aromatic rings. The van der Waals surface area contributed by atoms with Crippen LogP contribution < -0.4 is 5.32 Å². The number of hydrogen-bond donors (Lipinski definition) is 1. The molecule has 0 amide bonds. The van der Waals surface area contributed by atoms with Crippen LogP contribution in [0.2, 0.25) is 0 Å². The van der Waals surface area contributed by atoms with E-state index >= 15 is 0 Å². The van der Waals surface area contributed by atoms with Gasteiger partial charge >= 0.3 is 0 Å². The van der Waals surface area contributed by atoms with Crippen molar-refractivity contribution in [2.45, 2.75) is 13.0 Å². The van der Waals surface area contributed by atoms with Crippen molar-refractivity contribution in [1.29, 1.82) is 0 Å². The van der Waals surface area contributed by atoms with Gasteiger partial charge in [0.15, 0.2) is 0 Å². The quantitative estimate of drug-likeness (QED) is 0.652. The molecule has 2 heteroatoms. The van der Waals surface area contributed by atoms with E-state index in [1.165, 1.54) is 5.56 Å². The van der Waals surface area contributed by atoms with Gasteiger partial charge in [-0.3, -0.25) is 0 Å². The number of nitrogens with one attached hydrogen (secondary N) is 1. The van der Waals surface area contributed by atoms with Crippen molar-refractivity contribution in [2.24, 2.45) is 0 Å². The minimum Gasteiger partial charge on any atom is -0.370 e. The lowest BCUT2D eigenvalue weighted by Gasteiger charge is -2.14. The predicted molar refractivity (Wildman–Crippen MR) is 86.1 cm³/mol. The Hall–Kier alpha value is -1.93. The van der Waals surface area contributed by atoms with E-state index in [-0.39, 0.29) is 6.04 Å². The summed E-state index contributed by atoms with van der Waals surface area (Å²) in [6.07, 6.45) is 3.96. The van der Waals surface area contributed by atoms with Crippen LogP contribution in [0, 0.1) is 0 Å². The van der Waals surface area contributed by atoms with Crippen LogP contribution in [0.15, 0.2) is 66.7 Å². The van der Waals surface area contributed by atoms with Gasteiger partial charge in [-0.25, -0.2) is 0 Å². The van der Waals surface area contributed by atoms with Crippen molar-refractivity contribution >= 4 is 23.3 Å². The smallest absolute Gasteiger partial charge is 0.0992 e. The van der Waals surface area contributed by atoms with Crippen LogP contribution >= 0.6 is 12.2 Å². The SMILES string of the molecule is C[C@H](NC(=S)/C=C\c1ccccc1)c1ccccc1. The van der Waals surface area contributed by atoms with Gasteiger partial charge < -0.3 is 5.32 Å². The van der Waals surface area contributed by atoms with E-state index in [4.69, 9.17) is 12.2 Å². The molecule has 2 rings (SSSR count). The van der Waals surface area contributed by atoms with Gasteiger partial charge in [-0.1, -0.05) is 79.0 Å². The molecule has 0 radical (unpaired) electrons. The van der Waals surface area contributed by atoms with Crippen LogP contribution in [0.1, 0.15) is 24.1 Å². The summed E-state index contributed by atoms with van der Waals surface area (Å²) in [6.45, 7) is 2.11. The monoisotopic (exact) mass is 267 g/mol. The van der Waals surface area contributed by atoms with Crippen LogP contribution in [0.3, 0.4) is 0 Å². The van der Waals surface area contributed by atoms with Crippen LogP contribution in [-0.2, 0) is 0 Å². The first kappa shape index (κ1) is 13.5. The lowest BCUT2D eigenvalue weighted by molar-refractivity contribution is 0.726. The zero-order valence-electron chi connectivity index (χ0n) is 10.9. The summed E-state index contributed by atoms with van der Waals surface area (Å²) >= 11 is 5.33. The van der Waals surface area contributed by atoms with Crippen molar-refractivity contribution in [3.8, 4) is 0 Å². The van der Waals surface area contributed by atoms with Crippen molar-refractivity contribution in [3.63, 3.8) is 0 Å². The number of hydrogen-bond acceptors (Lipinski definition) is 1. The van der Waals surface area contributed by atoms with E-state index in [1.807, 2.05) is 48.6 Å². The van der Waals surface area contributed by atoms with Crippen LogP contribution in [0.25, 0.3) is 6.08 Å². The Kier molecular flexibility index (Phi) is 4.87. The van der Waals surface area contributed by atoms with Gasteiger partial charge in [-0.2, -0.15) is 0 Å². The fourth-order valence-corrected chi connectivity index (χ4v) is 2.07. The molecule has 1 N–H and O–H groups in total. The Morgan fingerprint density at radius 2 is 1.58 bits per heavy atom. The Balaban J connectivity index is 1.93. The maximum absolute atomic E-state index is 5.33. The minimum atomic E-state index is 0.217. The third-order valence-electron chi connectivity index (χ3n) is 2.89. The summed E-state index contributed by atoms with van der Waals surface area (Å²) in [5.74, 6) is 0. The highest BCUT2D eigenvalue weighted by molar-refractivity contribution is 7.80. The molecular weight excluding hydrogens is 250 g/mol. The molecule has 96 valence electrons. The molecular formula is C17H17NS. The van der Waals surface area contributed by atoms with Crippen molar-refractivity contribution < 1.29 is 0 Å².